The van der Waals surface area contributed by atoms with Gasteiger partial charge >= 0.3 is 0 Å². The Morgan fingerprint density at radius 2 is 1.81 bits per heavy atom. The second-order valence-corrected chi connectivity index (χ2v) is 8.03. The van der Waals surface area contributed by atoms with Crippen molar-refractivity contribution in [3.63, 3.8) is 0 Å². The number of amides is 1. The van der Waals surface area contributed by atoms with Crippen LogP contribution in [0.2, 0.25) is 0 Å². The standard InChI is InChI=1S/C26H27N3O2/c27-19-22-8-4-9-23(18-22)20-28-14-12-24(13-15-28)29(26(30)25-10-5-17-31-25)16-11-21-6-2-1-3-7-21/h1-10,17-18,24H,11-16,20H2. The average molecular weight is 414 g/mol. The Hall–Kier alpha value is -3.36. The number of carbonyl (C=O) groups excluding carboxylic acids is 1. The van der Waals surface area contributed by atoms with Crippen molar-refractivity contribution in [2.75, 3.05) is 19.6 Å². The molecule has 0 saturated carbocycles. The lowest BCUT2D eigenvalue weighted by atomic mass is 10.0. The van der Waals surface area contributed by atoms with Crippen LogP contribution in [0.3, 0.4) is 0 Å². The second-order valence-electron chi connectivity index (χ2n) is 8.03. The molecule has 4 rings (SSSR count). The van der Waals surface area contributed by atoms with Crippen LogP contribution in [0, 0.1) is 11.3 Å². The van der Waals surface area contributed by atoms with Gasteiger partial charge in [0, 0.05) is 32.2 Å². The molecule has 0 N–H and O–H groups in total. The highest BCUT2D eigenvalue weighted by Crippen LogP contribution is 2.22. The topological polar surface area (TPSA) is 60.5 Å². The highest BCUT2D eigenvalue weighted by molar-refractivity contribution is 5.91. The van der Waals surface area contributed by atoms with Gasteiger partial charge in [0.25, 0.3) is 5.91 Å². The molecule has 1 amide bonds. The molecule has 0 radical (unpaired) electrons. The van der Waals surface area contributed by atoms with Gasteiger partial charge in [-0.15, -0.1) is 0 Å². The zero-order valence-electron chi connectivity index (χ0n) is 17.6. The van der Waals surface area contributed by atoms with Crippen LogP contribution in [0.4, 0.5) is 0 Å². The van der Waals surface area contributed by atoms with E-state index < -0.39 is 0 Å². The minimum Gasteiger partial charge on any atom is -0.459 e. The maximum atomic E-state index is 13.2. The van der Waals surface area contributed by atoms with E-state index >= 15 is 0 Å². The molecule has 1 fully saturated rings. The number of hydrogen-bond donors (Lipinski definition) is 0. The molecule has 1 saturated heterocycles. The number of carbonyl (C=O) groups is 1. The van der Waals surface area contributed by atoms with Crippen LogP contribution < -0.4 is 0 Å². The molecular weight excluding hydrogens is 386 g/mol. The summed E-state index contributed by atoms with van der Waals surface area (Å²) in [5.74, 6) is 0.380. The Bertz CT molecular complexity index is 1020. The summed E-state index contributed by atoms with van der Waals surface area (Å²) in [6.07, 6.45) is 4.24. The highest BCUT2D eigenvalue weighted by atomic mass is 16.3. The Labute approximate surface area is 183 Å². The fraction of sp³-hybridized carbons (Fsp3) is 0.308. The first kappa shape index (κ1) is 20.9. The largest absolute Gasteiger partial charge is 0.459 e. The van der Waals surface area contributed by atoms with E-state index in [0.717, 1.165) is 44.5 Å². The van der Waals surface area contributed by atoms with Gasteiger partial charge in [-0.05, 0) is 54.7 Å². The summed E-state index contributed by atoms with van der Waals surface area (Å²) in [5, 5.41) is 9.12. The monoisotopic (exact) mass is 413 g/mol. The number of hydrogen-bond acceptors (Lipinski definition) is 4. The molecule has 2 heterocycles. The fourth-order valence-electron chi connectivity index (χ4n) is 4.27. The van der Waals surface area contributed by atoms with Crippen LogP contribution in [0.1, 0.15) is 40.1 Å². The molecule has 0 unspecified atom stereocenters. The van der Waals surface area contributed by atoms with E-state index in [-0.39, 0.29) is 11.9 Å². The third-order valence-electron chi connectivity index (χ3n) is 5.94. The maximum absolute atomic E-state index is 13.2. The van der Waals surface area contributed by atoms with Crippen molar-refractivity contribution in [1.29, 1.82) is 5.26 Å². The highest BCUT2D eigenvalue weighted by Gasteiger charge is 2.29. The Kier molecular flexibility index (Phi) is 6.81. The van der Waals surface area contributed by atoms with Gasteiger partial charge < -0.3 is 9.32 Å². The molecule has 2 aromatic carbocycles. The normalized spacial score (nSPS) is 14.8. The number of likely N-dealkylation sites (tertiary alicyclic amines) is 1. The van der Waals surface area contributed by atoms with Gasteiger partial charge in [0.05, 0.1) is 17.9 Å². The summed E-state index contributed by atoms with van der Waals surface area (Å²) in [5.41, 5.74) is 3.09. The Morgan fingerprint density at radius 1 is 1.03 bits per heavy atom. The van der Waals surface area contributed by atoms with Crippen molar-refractivity contribution in [2.45, 2.75) is 31.8 Å². The Morgan fingerprint density at radius 3 is 2.52 bits per heavy atom. The van der Waals surface area contributed by atoms with Gasteiger partial charge in [0.2, 0.25) is 0 Å². The molecule has 158 valence electrons. The lowest BCUT2D eigenvalue weighted by Crippen LogP contribution is -2.48. The van der Waals surface area contributed by atoms with E-state index in [1.165, 1.54) is 5.56 Å². The quantitative estimate of drug-likeness (QED) is 0.572. The van der Waals surface area contributed by atoms with Gasteiger partial charge in [-0.25, -0.2) is 0 Å². The summed E-state index contributed by atoms with van der Waals surface area (Å²) in [7, 11) is 0. The van der Waals surface area contributed by atoms with Crippen LogP contribution in [0.5, 0.6) is 0 Å². The van der Waals surface area contributed by atoms with E-state index in [4.69, 9.17) is 9.68 Å². The predicted octanol–water partition coefficient (Wildman–Crippen LogP) is 4.50. The number of rotatable bonds is 7. The second kappa shape index (κ2) is 10.1. The van der Waals surface area contributed by atoms with Gasteiger partial charge in [-0.2, -0.15) is 5.26 Å². The molecule has 1 aliphatic rings. The van der Waals surface area contributed by atoms with Gasteiger partial charge in [-0.3, -0.25) is 9.69 Å². The summed E-state index contributed by atoms with van der Waals surface area (Å²) in [4.78, 5) is 17.6. The third-order valence-corrected chi connectivity index (χ3v) is 5.94. The van der Waals surface area contributed by atoms with Crippen molar-refractivity contribution < 1.29 is 9.21 Å². The zero-order valence-corrected chi connectivity index (χ0v) is 17.6. The molecule has 0 atom stereocenters. The first-order chi connectivity index (χ1) is 15.2. The first-order valence-corrected chi connectivity index (χ1v) is 10.8. The van der Waals surface area contributed by atoms with Crippen LogP contribution in [-0.4, -0.2) is 41.4 Å². The molecule has 5 heteroatoms. The number of furan rings is 1. The van der Waals surface area contributed by atoms with E-state index in [1.54, 1.807) is 18.4 Å². The van der Waals surface area contributed by atoms with E-state index in [0.29, 0.717) is 17.9 Å². The fourth-order valence-corrected chi connectivity index (χ4v) is 4.27. The van der Waals surface area contributed by atoms with E-state index in [9.17, 15) is 4.79 Å². The predicted molar refractivity (Wildman–Crippen MR) is 119 cm³/mol. The number of piperidine rings is 1. The molecular formula is C26H27N3O2. The third kappa shape index (κ3) is 5.42. The van der Waals surface area contributed by atoms with Crippen molar-refractivity contribution in [3.8, 4) is 6.07 Å². The summed E-state index contributed by atoms with van der Waals surface area (Å²) < 4.78 is 5.41. The average Bonchev–Trinajstić information content (AvgIpc) is 3.36. The lowest BCUT2D eigenvalue weighted by molar-refractivity contribution is 0.0538. The Balaban J connectivity index is 1.40. The SMILES string of the molecule is N#Cc1cccc(CN2CCC(N(CCc3ccccc3)C(=O)c3ccco3)CC2)c1. The number of benzene rings is 2. The van der Waals surface area contributed by atoms with E-state index in [2.05, 4.69) is 29.2 Å². The lowest BCUT2D eigenvalue weighted by Gasteiger charge is -2.38. The number of nitriles is 1. The molecule has 0 aliphatic carbocycles. The maximum Gasteiger partial charge on any atom is 0.289 e. The summed E-state index contributed by atoms with van der Waals surface area (Å²) in [6, 6.07) is 24.0. The van der Waals surface area contributed by atoms with E-state index in [1.807, 2.05) is 41.3 Å². The molecule has 5 nitrogen and oxygen atoms in total. The van der Waals surface area contributed by atoms with Crippen molar-refractivity contribution in [3.05, 3.63) is 95.4 Å². The molecule has 1 aromatic heterocycles. The molecule has 31 heavy (non-hydrogen) atoms. The van der Waals surface area contributed by atoms with Gasteiger partial charge in [0.1, 0.15) is 0 Å². The minimum absolute atomic E-state index is 0.0268. The zero-order chi connectivity index (χ0) is 21.5. The molecule has 0 bridgehead atoms. The molecule has 3 aromatic rings. The van der Waals surface area contributed by atoms with Crippen LogP contribution in [0.15, 0.2) is 77.4 Å². The van der Waals surface area contributed by atoms with Crippen LogP contribution >= 0.6 is 0 Å². The van der Waals surface area contributed by atoms with Crippen molar-refractivity contribution >= 4 is 5.91 Å². The van der Waals surface area contributed by atoms with Crippen molar-refractivity contribution in [1.82, 2.24) is 9.80 Å². The molecule has 1 aliphatic heterocycles. The summed E-state index contributed by atoms with van der Waals surface area (Å²) >= 11 is 0. The first-order valence-electron chi connectivity index (χ1n) is 10.8. The van der Waals surface area contributed by atoms with Gasteiger partial charge in [0.15, 0.2) is 5.76 Å². The molecule has 0 spiro atoms. The van der Waals surface area contributed by atoms with Crippen LogP contribution in [0.25, 0.3) is 0 Å². The van der Waals surface area contributed by atoms with Crippen LogP contribution in [-0.2, 0) is 13.0 Å². The number of nitrogens with zero attached hydrogens (tertiary/aromatic N) is 3. The van der Waals surface area contributed by atoms with Gasteiger partial charge in [-0.1, -0.05) is 42.5 Å². The minimum atomic E-state index is -0.0268. The smallest absolute Gasteiger partial charge is 0.289 e. The van der Waals surface area contributed by atoms with Crippen molar-refractivity contribution in [2.24, 2.45) is 0 Å². The summed E-state index contributed by atoms with van der Waals surface area (Å²) in [6.45, 7) is 3.36.